The molecule has 2 heterocycles. The minimum absolute atomic E-state index is 0.271. The Labute approximate surface area is 127 Å². The lowest BCUT2D eigenvalue weighted by molar-refractivity contribution is -0.133. The standard InChI is InChI=1S/C17H27N3O/c1-14(2)20(13-16-4-3-9-19-12-16)17(21)6-5-15-7-10-18-11-8-15/h7-8,10-11,14,16,19H,3-6,9,12-13H2,1-2H3. The van der Waals surface area contributed by atoms with Crippen molar-refractivity contribution in [3.05, 3.63) is 30.1 Å². The number of hydrogen-bond donors (Lipinski definition) is 1. The lowest BCUT2D eigenvalue weighted by Gasteiger charge is -2.33. The number of carbonyl (C=O) groups excluding carboxylic acids is 1. The second-order valence-electron chi connectivity index (χ2n) is 6.21. The number of nitrogens with zero attached hydrogens (tertiary/aromatic N) is 2. The minimum Gasteiger partial charge on any atom is -0.340 e. The van der Waals surface area contributed by atoms with Crippen LogP contribution in [0.3, 0.4) is 0 Å². The first-order chi connectivity index (χ1) is 10.2. The second kappa shape index (κ2) is 8.13. The summed E-state index contributed by atoms with van der Waals surface area (Å²) >= 11 is 0. The average molecular weight is 289 g/mol. The van der Waals surface area contributed by atoms with Crippen LogP contribution in [0.25, 0.3) is 0 Å². The van der Waals surface area contributed by atoms with E-state index in [0.29, 0.717) is 12.3 Å². The Bertz CT molecular complexity index is 427. The quantitative estimate of drug-likeness (QED) is 0.873. The SMILES string of the molecule is CC(C)N(CC1CCCNC1)C(=O)CCc1ccncc1. The summed E-state index contributed by atoms with van der Waals surface area (Å²) in [6, 6.07) is 4.24. The molecule has 4 nitrogen and oxygen atoms in total. The number of aromatic nitrogens is 1. The summed E-state index contributed by atoms with van der Waals surface area (Å²) in [6.07, 6.45) is 7.41. The second-order valence-corrected chi connectivity index (χ2v) is 6.21. The first-order valence-electron chi connectivity index (χ1n) is 8.06. The van der Waals surface area contributed by atoms with E-state index in [9.17, 15) is 4.79 Å². The summed E-state index contributed by atoms with van der Waals surface area (Å²) in [5.74, 6) is 0.874. The molecule has 0 aliphatic carbocycles. The van der Waals surface area contributed by atoms with Crippen molar-refractivity contribution in [3.63, 3.8) is 0 Å². The van der Waals surface area contributed by atoms with Crippen molar-refractivity contribution in [2.45, 2.75) is 45.6 Å². The molecule has 0 spiro atoms. The average Bonchev–Trinajstić information content (AvgIpc) is 2.52. The molecule has 0 radical (unpaired) electrons. The molecule has 1 atom stereocenters. The molecule has 1 aliphatic rings. The van der Waals surface area contributed by atoms with Crippen molar-refractivity contribution < 1.29 is 4.79 Å². The van der Waals surface area contributed by atoms with Gasteiger partial charge < -0.3 is 10.2 Å². The fraction of sp³-hybridized carbons (Fsp3) is 0.647. The van der Waals surface area contributed by atoms with E-state index in [1.54, 1.807) is 12.4 Å². The summed E-state index contributed by atoms with van der Waals surface area (Å²) < 4.78 is 0. The van der Waals surface area contributed by atoms with Gasteiger partial charge in [-0.1, -0.05) is 0 Å². The van der Waals surface area contributed by atoms with Crippen LogP contribution < -0.4 is 5.32 Å². The fourth-order valence-electron chi connectivity index (χ4n) is 2.90. The first kappa shape index (κ1) is 16.0. The molecular weight excluding hydrogens is 262 g/mol. The van der Waals surface area contributed by atoms with E-state index < -0.39 is 0 Å². The summed E-state index contributed by atoms with van der Waals surface area (Å²) in [4.78, 5) is 18.6. The van der Waals surface area contributed by atoms with E-state index in [1.165, 1.54) is 18.4 Å². The van der Waals surface area contributed by atoms with Crippen LogP contribution in [0.1, 0.15) is 38.7 Å². The molecule has 0 saturated carbocycles. The highest BCUT2D eigenvalue weighted by molar-refractivity contribution is 5.76. The van der Waals surface area contributed by atoms with Gasteiger partial charge in [0.2, 0.25) is 5.91 Å². The van der Waals surface area contributed by atoms with Crippen molar-refractivity contribution in [1.82, 2.24) is 15.2 Å². The maximum Gasteiger partial charge on any atom is 0.223 e. The van der Waals surface area contributed by atoms with Crippen LogP contribution in [0.5, 0.6) is 0 Å². The van der Waals surface area contributed by atoms with Crippen LogP contribution in [0.15, 0.2) is 24.5 Å². The summed E-state index contributed by atoms with van der Waals surface area (Å²) in [6.45, 7) is 7.27. The van der Waals surface area contributed by atoms with E-state index in [0.717, 1.165) is 26.1 Å². The molecule has 1 aromatic heterocycles. The molecule has 1 fully saturated rings. The molecule has 0 bridgehead atoms. The van der Waals surface area contributed by atoms with Crippen molar-refractivity contribution >= 4 is 5.91 Å². The number of pyridine rings is 1. The van der Waals surface area contributed by atoms with Crippen LogP contribution in [0, 0.1) is 5.92 Å². The maximum absolute atomic E-state index is 12.5. The Morgan fingerprint density at radius 3 is 2.81 bits per heavy atom. The van der Waals surface area contributed by atoms with E-state index in [-0.39, 0.29) is 11.9 Å². The van der Waals surface area contributed by atoms with Crippen molar-refractivity contribution in [2.24, 2.45) is 5.92 Å². The summed E-state index contributed by atoms with van der Waals surface area (Å²) in [7, 11) is 0. The third kappa shape index (κ3) is 5.12. The largest absolute Gasteiger partial charge is 0.340 e. The molecular formula is C17H27N3O. The van der Waals surface area contributed by atoms with E-state index >= 15 is 0 Å². The lowest BCUT2D eigenvalue weighted by atomic mass is 9.98. The van der Waals surface area contributed by atoms with Gasteiger partial charge in [0.1, 0.15) is 0 Å². The van der Waals surface area contributed by atoms with Crippen LogP contribution in [-0.2, 0) is 11.2 Å². The zero-order valence-electron chi connectivity index (χ0n) is 13.2. The Hall–Kier alpha value is -1.42. The summed E-state index contributed by atoms with van der Waals surface area (Å²) in [5, 5.41) is 3.43. The number of amides is 1. The number of carbonyl (C=O) groups is 1. The van der Waals surface area contributed by atoms with Crippen LogP contribution >= 0.6 is 0 Å². The molecule has 1 aromatic rings. The maximum atomic E-state index is 12.5. The van der Waals surface area contributed by atoms with Gasteiger partial charge in [-0.25, -0.2) is 0 Å². The van der Waals surface area contributed by atoms with E-state index in [2.05, 4.69) is 29.0 Å². The highest BCUT2D eigenvalue weighted by Crippen LogP contribution is 2.15. The predicted molar refractivity (Wildman–Crippen MR) is 85.0 cm³/mol. The Balaban J connectivity index is 1.86. The molecule has 1 amide bonds. The van der Waals surface area contributed by atoms with Gasteiger partial charge in [0, 0.05) is 31.4 Å². The van der Waals surface area contributed by atoms with Gasteiger partial charge in [0.05, 0.1) is 0 Å². The van der Waals surface area contributed by atoms with E-state index in [4.69, 9.17) is 0 Å². The van der Waals surface area contributed by atoms with Gasteiger partial charge in [-0.3, -0.25) is 9.78 Å². The van der Waals surface area contributed by atoms with Gasteiger partial charge in [-0.2, -0.15) is 0 Å². The van der Waals surface area contributed by atoms with Crippen molar-refractivity contribution in [1.29, 1.82) is 0 Å². The fourth-order valence-corrected chi connectivity index (χ4v) is 2.90. The van der Waals surface area contributed by atoms with Crippen LogP contribution in [0.2, 0.25) is 0 Å². The van der Waals surface area contributed by atoms with Gasteiger partial charge in [0.15, 0.2) is 0 Å². The molecule has 116 valence electrons. The smallest absolute Gasteiger partial charge is 0.223 e. The molecule has 0 aromatic carbocycles. The highest BCUT2D eigenvalue weighted by atomic mass is 16.2. The molecule has 2 rings (SSSR count). The molecule has 1 saturated heterocycles. The Morgan fingerprint density at radius 2 is 2.19 bits per heavy atom. The number of piperidine rings is 1. The molecule has 1 unspecified atom stereocenters. The van der Waals surface area contributed by atoms with E-state index in [1.807, 2.05) is 12.1 Å². The van der Waals surface area contributed by atoms with Gasteiger partial charge >= 0.3 is 0 Å². The zero-order valence-corrected chi connectivity index (χ0v) is 13.2. The molecule has 4 heteroatoms. The molecule has 21 heavy (non-hydrogen) atoms. The number of hydrogen-bond acceptors (Lipinski definition) is 3. The van der Waals surface area contributed by atoms with Crippen LogP contribution in [-0.4, -0.2) is 41.5 Å². The van der Waals surface area contributed by atoms with Gasteiger partial charge in [0.25, 0.3) is 0 Å². The van der Waals surface area contributed by atoms with Gasteiger partial charge in [-0.15, -0.1) is 0 Å². The Morgan fingerprint density at radius 1 is 1.43 bits per heavy atom. The molecule has 1 N–H and O–H groups in total. The lowest BCUT2D eigenvalue weighted by Crippen LogP contribution is -2.44. The Kier molecular flexibility index (Phi) is 6.18. The number of nitrogens with one attached hydrogen (secondary N) is 1. The summed E-state index contributed by atoms with van der Waals surface area (Å²) in [5.41, 5.74) is 1.18. The van der Waals surface area contributed by atoms with Crippen molar-refractivity contribution in [3.8, 4) is 0 Å². The van der Waals surface area contributed by atoms with Gasteiger partial charge in [-0.05, 0) is 69.8 Å². The number of aryl methyl sites for hydroxylation is 1. The molecule has 1 aliphatic heterocycles. The zero-order chi connectivity index (χ0) is 15.1. The first-order valence-corrected chi connectivity index (χ1v) is 8.06. The van der Waals surface area contributed by atoms with Crippen LogP contribution in [0.4, 0.5) is 0 Å². The normalized spacial score (nSPS) is 18.7. The van der Waals surface area contributed by atoms with Crippen molar-refractivity contribution in [2.75, 3.05) is 19.6 Å². The number of rotatable bonds is 6. The third-order valence-electron chi connectivity index (χ3n) is 4.17. The topological polar surface area (TPSA) is 45.2 Å². The predicted octanol–water partition coefficient (Wildman–Crippen LogP) is 2.25. The third-order valence-corrected chi connectivity index (χ3v) is 4.17. The minimum atomic E-state index is 0.271. The monoisotopic (exact) mass is 289 g/mol. The highest BCUT2D eigenvalue weighted by Gasteiger charge is 2.22.